The molecule has 0 bridgehead atoms. The summed E-state index contributed by atoms with van der Waals surface area (Å²) in [6.07, 6.45) is 7.89. The molecule has 0 amide bonds. The second-order valence-electron chi connectivity index (χ2n) is 9.52. The number of imidazole rings is 1. The van der Waals surface area contributed by atoms with Crippen molar-refractivity contribution in [2.45, 2.75) is 45.1 Å². The Labute approximate surface area is 205 Å². The lowest BCUT2D eigenvalue weighted by molar-refractivity contribution is 0.317. The Bertz CT molecular complexity index is 1230. The maximum Gasteiger partial charge on any atom is 0.152 e. The Morgan fingerprint density at radius 2 is 1.89 bits per heavy atom. The number of rotatable bonds is 6. The maximum absolute atomic E-state index is 13.9. The summed E-state index contributed by atoms with van der Waals surface area (Å²) in [6.45, 7) is 7.54. The van der Waals surface area contributed by atoms with Crippen LogP contribution in [0.1, 0.15) is 48.6 Å². The van der Waals surface area contributed by atoms with Gasteiger partial charge < -0.3 is 20.1 Å². The Hall–Kier alpha value is -3.51. The number of aryl methyl sites for hydroxylation is 1. The Kier molecular flexibility index (Phi) is 6.64. The number of hydrogen-bond acceptors (Lipinski definition) is 7. The summed E-state index contributed by atoms with van der Waals surface area (Å²) in [4.78, 5) is 18.0. The monoisotopic (exact) mass is 474 g/mol. The van der Waals surface area contributed by atoms with Crippen molar-refractivity contribution in [3.8, 4) is 17.3 Å². The highest BCUT2D eigenvalue weighted by Gasteiger charge is 2.28. The number of anilines is 2. The average molecular weight is 475 g/mol. The van der Waals surface area contributed by atoms with Gasteiger partial charge in [-0.3, -0.25) is 0 Å². The van der Waals surface area contributed by atoms with Crippen molar-refractivity contribution in [1.82, 2.24) is 24.4 Å². The molecular weight excluding hydrogens is 443 g/mol. The fraction of sp³-hybridized carbons (Fsp3) is 0.462. The van der Waals surface area contributed by atoms with Crippen LogP contribution in [0.25, 0.3) is 11.3 Å². The summed E-state index contributed by atoms with van der Waals surface area (Å²) in [7, 11) is 0. The Morgan fingerprint density at radius 3 is 2.60 bits per heavy atom. The second-order valence-corrected chi connectivity index (χ2v) is 9.52. The van der Waals surface area contributed by atoms with Gasteiger partial charge >= 0.3 is 0 Å². The number of hydrogen-bond donors (Lipinski definition) is 1. The van der Waals surface area contributed by atoms with Crippen LogP contribution in [0.4, 0.5) is 16.0 Å². The Balaban J connectivity index is 1.38. The van der Waals surface area contributed by atoms with Crippen molar-refractivity contribution in [2.24, 2.45) is 0 Å². The van der Waals surface area contributed by atoms with Crippen molar-refractivity contribution < 1.29 is 4.39 Å². The molecule has 5 rings (SSSR count). The van der Waals surface area contributed by atoms with Crippen molar-refractivity contribution >= 4 is 11.6 Å². The first-order valence-electron chi connectivity index (χ1n) is 12.3. The van der Waals surface area contributed by atoms with Gasteiger partial charge in [-0.05, 0) is 69.5 Å². The number of benzene rings is 1. The molecular formula is C26H31FN8. The molecule has 0 radical (unpaired) electrons. The van der Waals surface area contributed by atoms with E-state index in [1.165, 1.54) is 25.2 Å². The van der Waals surface area contributed by atoms with Crippen LogP contribution in [0.5, 0.6) is 0 Å². The molecule has 0 saturated carbocycles. The van der Waals surface area contributed by atoms with Gasteiger partial charge in [0, 0.05) is 43.9 Å². The van der Waals surface area contributed by atoms with E-state index in [1.54, 1.807) is 6.92 Å². The lowest BCUT2D eigenvalue weighted by atomic mass is 9.95. The van der Waals surface area contributed by atoms with Crippen LogP contribution in [-0.2, 0) is 6.54 Å². The molecule has 4 heterocycles. The number of nitrogens with zero attached hydrogens (tertiary/aromatic N) is 7. The fourth-order valence-corrected chi connectivity index (χ4v) is 5.22. The summed E-state index contributed by atoms with van der Waals surface area (Å²) in [6, 6.07) is 7.35. The van der Waals surface area contributed by atoms with Gasteiger partial charge in [-0.2, -0.15) is 5.26 Å². The highest BCUT2D eigenvalue weighted by atomic mass is 19.1. The van der Waals surface area contributed by atoms with Crippen LogP contribution < -0.4 is 10.6 Å². The number of nitriles is 1. The first-order valence-corrected chi connectivity index (χ1v) is 12.3. The summed E-state index contributed by atoms with van der Waals surface area (Å²) >= 11 is 0. The average Bonchev–Trinajstić information content (AvgIpc) is 3.54. The van der Waals surface area contributed by atoms with Gasteiger partial charge in [0.15, 0.2) is 5.82 Å². The summed E-state index contributed by atoms with van der Waals surface area (Å²) in [5.74, 6) is 2.01. The van der Waals surface area contributed by atoms with Crippen LogP contribution in [0.3, 0.4) is 0 Å². The lowest BCUT2D eigenvalue weighted by Gasteiger charge is -2.33. The molecule has 2 aromatic heterocycles. The highest BCUT2D eigenvalue weighted by Crippen LogP contribution is 2.33. The van der Waals surface area contributed by atoms with Crippen molar-refractivity contribution in [2.75, 3.05) is 43.4 Å². The molecule has 3 aromatic rings. The summed E-state index contributed by atoms with van der Waals surface area (Å²) in [5, 5.41) is 9.52. The van der Waals surface area contributed by atoms with Crippen LogP contribution in [0, 0.1) is 24.1 Å². The summed E-state index contributed by atoms with van der Waals surface area (Å²) in [5.41, 5.74) is 8.70. The minimum atomic E-state index is -0.197. The smallest absolute Gasteiger partial charge is 0.152 e. The van der Waals surface area contributed by atoms with Crippen LogP contribution in [0.2, 0.25) is 0 Å². The normalized spacial score (nSPS) is 17.1. The third-order valence-corrected chi connectivity index (χ3v) is 7.24. The van der Waals surface area contributed by atoms with Gasteiger partial charge in [-0.15, -0.1) is 0 Å². The molecule has 2 fully saturated rings. The van der Waals surface area contributed by atoms with E-state index in [2.05, 4.69) is 36.6 Å². The molecule has 2 saturated heterocycles. The third kappa shape index (κ3) is 4.84. The van der Waals surface area contributed by atoms with E-state index in [0.29, 0.717) is 22.9 Å². The van der Waals surface area contributed by atoms with E-state index < -0.39 is 0 Å². The number of piperidine rings is 1. The molecule has 2 N–H and O–H groups in total. The second kappa shape index (κ2) is 10.0. The largest absolute Gasteiger partial charge is 0.382 e. The Morgan fingerprint density at radius 1 is 1.11 bits per heavy atom. The van der Waals surface area contributed by atoms with Gasteiger partial charge in [0.2, 0.25) is 0 Å². The molecule has 0 unspecified atom stereocenters. The van der Waals surface area contributed by atoms with Gasteiger partial charge in [0.25, 0.3) is 0 Å². The van der Waals surface area contributed by atoms with Crippen molar-refractivity contribution in [3.05, 3.63) is 53.5 Å². The van der Waals surface area contributed by atoms with Crippen LogP contribution in [-0.4, -0.2) is 57.1 Å². The van der Waals surface area contributed by atoms with Gasteiger partial charge in [0.1, 0.15) is 35.4 Å². The predicted molar refractivity (Wildman–Crippen MR) is 133 cm³/mol. The van der Waals surface area contributed by atoms with E-state index in [4.69, 9.17) is 10.7 Å². The first kappa shape index (κ1) is 23.2. The predicted octanol–water partition coefficient (Wildman–Crippen LogP) is 3.72. The fourth-order valence-electron chi connectivity index (χ4n) is 5.22. The molecule has 1 aromatic carbocycles. The van der Waals surface area contributed by atoms with Crippen LogP contribution >= 0.6 is 0 Å². The molecule has 2 aliphatic rings. The lowest BCUT2D eigenvalue weighted by Crippen LogP contribution is -2.35. The zero-order valence-corrected chi connectivity index (χ0v) is 20.1. The highest BCUT2D eigenvalue weighted by molar-refractivity contribution is 5.63. The van der Waals surface area contributed by atoms with Crippen LogP contribution in [0.15, 0.2) is 30.7 Å². The summed E-state index contributed by atoms with van der Waals surface area (Å²) < 4.78 is 16.2. The number of nitrogens with two attached hydrogens (primary N) is 1. The van der Waals surface area contributed by atoms with E-state index >= 15 is 0 Å². The molecule has 9 heteroatoms. The zero-order chi connectivity index (χ0) is 24.4. The van der Waals surface area contributed by atoms with Gasteiger partial charge in [-0.25, -0.2) is 19.3 Å². The molecule has 0 aliphatic carbocycles. The minimum absolute atomic E-state index is 0.197. The maximum atomic E-state index is 13.9. The minimum Gasteiger partial charge on any atom is -0.382 e. The van der Waals surface area contributed by atoms with E-state index in [-0.39, 0.29) is 11.6 Å². The number of nitrogen functional groups attached to an aromatic ring is 1. The standard InChI is InChI=1S/C26H31FN8/c1-18-14-20(4-5-22(18)27)23-16-35(13-12-33-8-2-3-9-33)25(32-23)19-6-10-34(11-7-19)26-21(15-28)24(29)30-17-31-26/h4-5,14,16-17,19H,2-3,6-13H2,1H3,(H2,29,30,31). The quantitative estimate of drug-likeness (QED) is 0.581. The van der Waals surface area contributed by atoms with E-state index in [1.807, 2.05) is 12.1 Å². The third-order valence-electron chi connectivity index (χ3n) is 7.24. The molecule has 2 aliphatic heterocycles. The number of likely N-dealkylation sites (tertiary alicyclic amines) is 1. The van der Waals surface area contributed by atoms with Crippen molar-refractivity contribution in [3.63, 3.8) is 0 Å². The first-order chi connectivity index (χ1) is 17.0. The molecule has 182 valence electrons. The zero-order valence-electron chi connectivity index (χ0n) is 20.1. The molecule has 35 heavy (non-hydrogen) atoms. The molecule has 0 atom stereocenters. The topological polar surface area (TPSA) is 99.9 Å². The molecule has 0 spiro atoms. The van der Waals surface area contributed by atoms with Crippen molar-refractivity contribution in [1.29, 1.82) is 5.26 Å². The number of aromatic nitrogens is 4. The molecule has 8 nitrogen and oxygen atoms in total. The van der Waals surface area contributed by atoms with E-state index in [0.717, 1.165) is 69.2 Å². The number of halogens is 1. The van der Waals surface area contributed by atoms with Gasteiger partial charge in [0.05, 0.1) is 5.69 Å². The SMILES string of the molecule is Cc1cc(-c2cn(CCN3CCCC3)c(C3CCN(c4ncnc(N)c4C#N)CC3)n2)ccc1F. The van der Waals surface area contributed by atoms with E-state index in [9.17, 15) is 9.65 Å². The van der Waals surface area contributed by atoms with Gasteiger partial charge in [-0.1, -0.05) is 0 Å².